The molecule has 0 saturated carbocycles. The number of aromatic nitrogens is 2. The highest BCUT2D eigenvalue weighted by Gasteiger charge is 2.23. The van der Waals surface area contributed by atoms with Gasteiger partial charge in [0, 0.05) is 30.0 Å². The molecule has 6 nitrogen and oxygen atoms in total. The van der Waals surface area contributed by atoms with Crippen molar-refractivity contribution in [3.05, 3.63) is 78.1 Å². The van der Waals surface area contributed by atoms with Crippen LogP contribution in [0.3, 0.4) is 0 Å². The molecule has 2 aromatic carbocycles. The van der Waals surface area contributed by atoms with Crippen molar-refractivity contribution in [2.45, 2.75) is 19.0 Å². The molecule has 0 fully saturated rings. The Morgan fingerprint density at radius 2 is 1.97 bits per heavy atom. The number of ether oxygens (including phenoxy) is 1. The van der Waals surface area contributed by atoms with Crippen LogP contribution in [-0.4, -0.2) is 29.0 Å². The van der Waals surface area contributed by atoms with Crippen molar-refractivity contribution in [1.29, 1.82) is 0 Å². The molecule has 3 heterocycles. The molecule has 1 aliphatic heterocycles. The van der Waals surface area contributed by atoms with Gasteiger partial charge in [0.25, 0.3) is 0 Å². The van der Waals surface area contributed by atoms with Gasteiger partial charge in [-0.15, -0.1) is 0 Å². The number of aromatic amines is 1. The number of H-pyrrole nitrogens is 1. The number of pyridine rings is 1. The monoisotopic (exact) mass is 398 g/mol. The predicted octanol–water partition coefficient (Wildman–Crippen LogP) is 3.89. The van der Waals surface area contributed by atoms with Gasteiger partial charge in [-0.3, -0.25) is 4.79 Å². The van der Waals surface area contributed by atoms with Crippen LogP contribution in [0.2, 0.25) is 0 Å². The maximum Gasteiger partial charge on any atom is 0.241 e. The Kier molecular flexibility index (Phi) is 4.69. The number of nitrogens with one attached hydrogen (secondary N) is 3. The summed E-state index contributed by atoms with van der Waals surface area (Å²) in [5.41, 5.74) is 6.11. The van der Waals surface area contributed by atoms with Gasteiger partial charge < -0.3 is 20.4 Å². The fourth-order valence-corrected chi connectivity index (χ4v) is 3.94. The van der Waals surface area contributed by atoms with Gasteiger partial charge in [0.15, 0.2) is 0 Å². The lowest BCUT2D eigenvalue weighted by Gasteiger charge is -2.15. The van der Waals surface area contributed by atoms with Gasteiger partial charge in [-0.2, -0.15) is 0 Å². The van der Waals surface area contributed by atoms with Crippen molar-refractivity contribution in [2.75, 3.05) is 12.4 Å². The molecule has 1 atom stereocenters. The minimum Gasteiger partial charge on any atom is -0.497 e. The number of hydrogen-bond acceptors (Lipinski definition) is 4. The topological polar surface area (TPSA) is 79.0 Å². The molecular formula is C24H22N4O2. The molecule has 0 saturated heterocycles. The average Bonchev–Trinajstić information content (AvgIpc) is 3.21. The Hall–Kier alpha value is -3.64. The summed E-state index contributed by atoms with van der Waals surface area (Å²) in [4.78, 5) is 20.2. The maximum absolute atomic E-state index is 12.7. The molecule has 1 amide bonds. The Morgan fingerprint density at radius 1 is 1.10 bits per heavy atom. The van der Waals surface area contributed by atoms with Gasteiger partial charge in [0.05, 0.1) is 13.2 Å². The average molecular weight is 398 g/mol. The molecule has 0 bridgehead atoms. The van der Waals surface area contributed by atoms with Crippen LogP contribution in [0.1, 0.15) is 11.1 Å². The molecule has 0 radical (unpaired) electrons. The van der Waals surface area contributed by atoms with Gasteiger partial charge in [-0.1, -0.05) is 24.3 Å². The van der Waals surface area contributed by atoms with Crippen molar-refractivity contribution in [2.24, 2.45) is 0 Å². The zero-order valence-corrected chi connectivity index (χ0v) is 16.6. The largest absolute Gasteiger partial charge is 0.497 e. The van der Waals surface area contributed by atoms with Crippen molar-refractivity contribution < 1.29 is 9.53 Å². The smallest absolute Gasteiger partial charge is 0.241 e. The van der Waals surface area contributed by atoms with E-state index in [9.17, 15) is 4.79 Å². The summed E-state index contributed by atoms with van der Waals surface area (Å²) in [6.45, 7) is 0.608. The number of rotatable bonds is 4. The van der Waals surface area contributed by atoms with Crippen molar-refractivity contribution >= 4 is 22.6 Å². The summed E-state index contributed by atoms with van der Waals surface area (Å²) in [7, 11) is 1.64. The molecule has 6 heteroatoms. The van der Waals surface area contributed by atoms with E-state index < -0.39 is 0 Å². The molecule has 30 heavy (non-hydrogen) atoms. The van der Waals surface area contributed by atoms with Crippen LogP contribution >= 0.6 is 0 Å². The Morgan fingerprint density at radius 3 is 2.80 bits per heavy atom. The van der Waals surface area contributed by atoms with Crippen LogP contribution in [0.15, 0.2) is 67.0 Å². The summed E-state index contributed by atoms with van der Waals surface area (Å²) < 4.78 is 5.29. The first kappa shape index (κ1) is 18.4. The first-order chi connectivity index (χ1) is 14.7. The van der Waals surface area contributed by atoms with Crippen LogP contribution in [-0.2, 0) is 17.8 Å². The number of anilines is 1. The van der Waals surface area contributed by atoms with Crippen LogP contribution in [0.4, 0.5) is 5.69 Å². The molecule has 1 aliphatic rings. The molecule has 0 aliphatic carbocycles. The highest BCUT2D eigenvalue weighted by Crippen LogP contribution is 2.28. The Balaban J connectivity index is 1.34. The van der Waals surface area contributed by atoms with E-state index in [4.69, 9.17) is 4.74 Å². The highest BCUT2D eigenvalue weighted by molar-refractivity contribution is 5.96. The fourth-order valence-electron chi connectivity index (χ4n) is 3.94. The number of amides is 1. The van der Waals surface area contributed by atoms with Gasteiger partial charge in [0.2, 0.25) is 5.91 Å². The van der Waals surface area contributed by atoms with Crippen LogP contribution < -0.4 is 15.4 Å². The Labute approximate surface area is 174 Å². The first-order valence-electron chi connectivity index (χ1n) is 9.94. The quantitative estimate of drug-likeness (QED) is 0.487. The summed E-state index contributed by atoms with van der Waals surface area (Å²) in [5.74, 6) is 0.762. The fraction of sp³-hybridized carbons (Fsp3) is 0.167. The van der Waals surface area contributed by atoms with Crippen LogP contribution in [0.5, 0.6) is 5.75 Å². The highest BCUT2D eigenvalue weighted by atomic mass is 16.5. The zero-order chi connectivity index (χ0) is 20.5. The first-order valence-corrected chi connectivity index (χ1v) is 9.94. The number of fused-ring (bicyclic) bond motifs is 2. The predicted molar refractivity (Wildman–Crippen MR) is 117 cm³/mol. The minimum absolute atomic E-state index is 0.0221. The van der Waals surface area contributed by atoms with Gasteiger partial charge >= 0.3 is 0 Å². The third kappa shape index (κ3) is 3.42. The van der Waals surface area contributed by atoms with E-state index in [1.165, 1.54) is 0 Å². The van der Waals surface area contributed by atoms with E-state index in [1.54, 1.807) is 7.11 Å². The molecule has 5 rings (SSSR count). The number of benzene rings is 2. The number of hydrogen-bond donors (Lipinski definition) is 3. The third-order valence-electron chi connectivity index (χ3n) is 5.59. The van der Waals surface area contributed by atoms with E-state index in [0.717, 1.165) is 44.7 Å². The minimum atomic E-state index is -0.299. The standard InChI is InChI=1S/C24H22N4O2/c1-30-18-6-7-21-17(13-18)14-27-22(24(29)28-21)12-15-2-4-16(5-3-15)19-8-10-25-23-20(19)9-11-26-23/h2-11,13,22,27H,12,14H2,1H3,(H,25,26)(H,28,29). The van der Waals surface area contributed by atoms with Crippen molar-refractivity contribution in [1.82, 2.24) is 15.3 Å². The van der Waals surface area contributed by atoms with Gasteiger partial charge in [0.1, 0.15) is 11.4 Å². The normalized spacial score (nSPS) is 16.0. The second kappa shape index (κ2) is 7.65. The van der Waals surface area contributed by atoms with E-state index in [-0.39, 0.29) is 11.9 Å². The molecule has 0 spiro atoms. The molecule has 2 aromatic heterocycles. The summed E-state index contributed by atoms with van der Waals surface area (Å²) in [5, 5.41) is 7.51. The summed E-state index contributed by atoms with van der Waals surface area (Å²) in [6.07, 6.45) is 4.33. The van der Waals surface area contributed by atoms with E-state index in [2.05, 4.69) is 44.9 Å². The van der Waals surface area contributed by atoms with Crippen molar-refractivity contribution in [3.8, 4) is 16.9 Å². The maximum atomic E-state index is 12.7. The van der Waals surface area contributed by atoms with E-state index in [1.807, 2.05) is 42.7 Å². The lowest BCUT2D eigenvalue weighted by Crippen LogP contribution is -2.39. The number of carbonyl (C=O) groups excluding carboxylic acids is 1. The Bertz CT molecular complexity index is 1210. The second-order valence-corrected chi connectivity index (χ2v) is 7.45. The molecular weight excluding hydrogens is 376 g/mol. The SMILES string of the molecule is COc1ccc2c(c1)CNC(Cc1ccc(-c3ccnc4[nH]ccc34)cc1)C(=O)N2. The third-order valence-corrected chi connectivity index (χ3v) is 5.59. The van der Waals surface area contributed by atoms with Gasteiger partial charge in [-0.05, 0) is 59.0 Å². The molecule has 3 N–H and O–H groups in total. The van der Waals surface area contributed by atoms with Crippen LogP contribution in [0.25, 0.3) is 22.2 Å². The summed E-state index contributed by atoms with van der Waals surface area (Å²) >= 11 is 0. The molecule has 150 valence electrons. The number of methoxy groups -OCH3 is 1. The molecule has 4 aromatic rings. The van der Waals surface area contributed by atoms with E-state index >= 15 is 0 Å². The second-order valence-electron chi connectivity index (χ2n) is 7.45. The van der Waals surface area contributed by atoms with E-state index in [0.29, 0.717) is 13.0 Å². The number of carbonyl (C=O) groups is 1. The van der Waals surface area contributed by atoms with Gasteiger partial charge in [-0.25, -0.2) is 4.98 Å². The zero-order valence-electron chi connectivity index (χ0n) is 16.6. The lowest BCUT2D eigenvalue weighted by atomic mass is 9.99. The van der Waals surface area contributed by atoms with Crippen LogP contribution in [0, 0.1) is 0 Å². The number of nitrogens with zero attached hydrogens (tertiary/aromatic N) is 1. The lowest BCUT2D eigenvalue weighted by molar-refractivity contribution is -0.118. The summed E-state index contributed by atoms with van der Waals surface area (Å²) in [6, 6.07) is 17.8. The van der Waals surface area contributed by atoms with Crippen molar-refractivity contribution in [3.63, 3.8) is 0 Å². The molecule has 1 unspecified atom stereocenters.